The third kappa shape index (κ3) is 6.11. The third-order valence-corrected chi connectivity index (χ3v) is 1.85. The summed E-state index contributed by atoms with van der Waals surface area (Å²) in [7, 11) is 0. The zero-order chi connectivity index (χ0) is 8.69. The van der Waals surface area contributed by atoms with E-state index in [1.165, 1.54) is 0 Å². The van der Waals surface area contributed by atoms with Crippen LogP contribution < -0.4 is 0 Å². The quantitative estimate of drug-likeness (QED) is 0.451. The smallest absolute Gasteiger partial charge is 0.0856 e. The highest BCUT2D eigenvalue weighted by Crippen LogP contribution is 2.07. The lowest BCUT2D eigenvalue weighted by atomic mass is 10.1. The molecule has 11 heavy (non-hydrogen) atoms. The first-order chi connectivity index (χ1) is 5.20. The van der Waals surface area contributed by atoms with Crippen molar-refractivity contribution in [2.24, 2.45) is 0 Å². The first-order valence-electron chi connectivity index (χ1n) is 3.68. The fourth-order valence-electron chi connectivity index (χ4n) is 0.655. The highest BCUT2D eigenvalue weighted by atomic mass is 35.5. The number of hydrogen-bond donors (Lipinski definition) is 0. The lowest BCUT2D eigenvalue weighted by Crippen LogP contribution is -1.78. The van der Waals surface area contributed by atoms with Gasteiger partial charge in [0.05, 0.1) is 6.33 Å². The fraction of sp³-hybridized carbons (Fsp3) is 0.556. The van der Waals surface area contributed by atoms with E-state index in [1.807, 2.05) is 13.0 Å². The summed E-state index contributed by atoms with van der Waals surface area (Å²) < 4.78 is 11.8. The zero-order valence-corrected chi connectivity index (χ0v) is 7.79. The number of hydrogen-bond acceptors (Lipinski definition) is 0. The summed E-state index contributed by atoms with van der Waals surface area (Å²) in [5.41, 5.74) is 1.93. The van der Waals surface area contributed by atoms with E-state index in [9.17, 15) is 4.39 Å². The first-order valence-corrected chi connectivity index (χ1v) is 4.21. The van der Waals surface area contributed by atoms with Crippen molar-refractivity contribution in [3.8, 4) is 0 Å². The maximum atomic E-state index is 11.8. The Hall–Kier alpha value is -0.300. The molecule has 0 rings (SSSR count). The van der Waals surface area contributed by atoms with Gasteiger partial charge in [-0.2, -0.15) is 0 Å². The molecule has 0 unspecified atom stereocenters. The Morgan fingerprint density at radius 1 is 1.36 bits per heavy atom. The van der Waals surface area contributed by atoms with Crippen molar-refractivity contribution in [3.05, 3.63) is 23.6 Å². The molecule has 0 aromatic carbocycles. The molecule has 0 aromatic rings. The predicted octanol–water partition coefficient (Wildman–Crippen LogP) is 3.83. The summed E-state index contributed by atoms with van der Waals surface area (Å²) in [4.78, 5) is 0. The van der Waals surface area contributed by atoms with E-state index in [4.69, 9.17) is 11.6 Å². The molecule has 0 saturated heterocycles. The van der Waals surface area contributed by atoms with Crippen LogP contribution in [0.15, 0.2) is 23.6 Å². The van der Waals surface area contributed by atoms with E-state index in [1.54, 1.807) is 6.92 Å². The van der Waals surface area contributed by atoms with Crippen LogP contribution in [-0.2, 0) is 0 Å². The summed E-state index contributed by atoms with van der Waals surface area (Å²) in [6, 6.07) is 0. The molecule has 0 spiro atoms. The van der Waals surface area contributed by atoms with Gasteiger partial charge in [0.2, 0.25) is 0 Å². The van der Waals surface area contributed by atoms with Crippen molar-refractivity contribution in [1.29, 1.82) is 0 Å². The van der Waals surface area contributed by atoms with Crippen molar-refractivity contribution < 1.29 is 4.39 Å². The molecule has 0 saturated carbocycles. The second kappa shape index (κ2) is 6.41. The molecule has 0 amide bonds. The van der Waals surface area contributed by atoms with Crippen LogP contribution in [-0.4, -0.2) is 5.88 Å². The van der Waals surface area contributed by atoms with Crippen LogP contribution >= 0.6 is 11.6 Å². The van der Waals surface area contributed by atoms with Crippen LogP contribution in [0.1, 0.15) is 26.7 Å². The summed E-state index contributed by atoms with van der Waals surface area (Å²) in [5, 5.41) is 0. The van der Waals surface area contributed by atoms with Crippen LogP contribution in [0.5, 0.6) is 0 Å². The molecule has 2 heteroatoms. The van der Waals surface area contributed by atoms with Crippen molar-refractivity contribution in [3.63, 3.8) is 0 Å². The average molecular weight is 177 g/mol. The molecular weight excluding hydrogens is 163 g/mol. The number of alkyl halides is 1. The van der Waals surface area contributed by atoms with Crippen molar-refractivity contribution in [2.75, 3.05) is 5.88 Å². The van der Waals surface area contributed by atoms with Crippen LogP contribution in [0.2, 0.25) is 0 Å². The van der Waals surface area contributed by atoms with Gasteiger partial charge in [-0.15, -0.1) is 11.6 Å². The monoisotopic (exact) mass is 176 g/mol. The zero-order valence-electron chi connectivity index (χ0n) is 7.03. The largest absolute Gasteiger partial charge is 0.216 e. The molecule has 0 fully saturated rings. The van der Waals surface area contributed by atoms with Gasteiger partial charge in [-0.25, -0.2) is 4.39 Å². The molecule has 0 aliphatic heterocycles. The van der Waals surface area contributed by atoms with Crippen LogP contribution in [0.25, 0.3) is 0 Å². The summed E-state index contributed by atoms with van der Waals surface area (Å²) in [6.07, 6.45) is 4.36. The van der Waals surface area contributed by atoms with Gasteiger partial charge < -0.3 is 0 Å². The van der Waals surface area contributed by atoms with Gasteiger partial charge in [0.1, 0.15) is 0 Å². The Kier molecular flexibility index (Phi) is 6.24. The average Bonchev–Trinajstić information content (AvgIpc) is 2.04. The highest BCUT2D eigenvalue weighted by Gasteiger charge is 1.88. The SMILES string of the molecule is C/C(=C/F)CC/C=C(\C)CCl. The molecule has 0 aromatic heterocycles. The fourth-order valence-corrected chi connectivity index (χ4v) is 0.764. The Labute approximate surface area is 72.7 Å². The molecule has 0 atom stereocenters. The Morgan fingerprint density at radius 2 is 2.00 bits per heavy atom. The van der Waals surface area contributed by atoms with E-state index >= 15 is 0 Å². The van der Waals surface area contributed by atoms with E-state index in [-0.39, 0.29) is 0 Å². The second-order valence-electron chi connectivity index (χ2n) is 2.68. The minimum absolute atomic E-state index is 0.568. The van der Waals surface area contributed by atoms with E-state index in [0.717, 1.165) is 24.0 Å². The van der Waals surface area contributed by atoms with Crippen LogP contribution in [0, 0.1) is 0 Å². The van der Waals surface area contributed by atoms with Crippen molar-refractivity contribution >= 4 is 11.6 Å². The molecule has 0 aliphatic rings. The minimum atomic E-state index is 0.568. The van der Waals surface area contributed by atoms with E-state index in [0.29, 0.717) is 12.2 Å². The topological polar surface area (TPSA) is 0 Å². The number of allylic oxidation sites excluding steroid dienone is 3. The summed E-state index contributed by atoms with van der Waals surface area (Å²) >= 11 is 5.54. The standard InChI is InChI=1S/C9H14ClF/c1-8(6-10)4-3-5-9(2)7-11/h4,7H,3,5-6H2,1-2H3/b8-4+,9-7-. The third-order valence-electron chi connectivity index (χ3n) is 1.43. The molecule has 64 valence electrons. The Morgan fingerprint density at radius 3 is 2.45 bits per heavy atom. The maximum absolute atomic E-state index is 11.8. The summed E-state index contributed by atoms with van der Waals surface area (Å²) in [5.74, 6) is 0.568. The second-order valence-corrected chi connectivity index (χ2v) is 2.95. The van der Waals surface area contributed by atoms with Crippen LogP contribution in [0.4, 0.5) is 4.39 Å². The molecule has 0 heterocycles. The Balaban J connectivity index is 3.56. The Bertz CT molecular complexity index is 159. The van der Waals surface area contributed by atoms with Crippen molar-refractivity contribution in [2.45, 2.75) is 26.7 Å². The van der Waals surface area contributed by atoms with Gasteiger partial charge in [0.15, 0.2) is 0 Å². The first kappa shape index (κ1) is 10.7. The van der Waals surface area contributed by atoms with Gasteiger partial charge in [0.25, 0.3) is 0 Å². The normalized spacial score (nSPS) is 13.8. The molecular formula is C9H14ClF. The lowest BCUT2D eigenvalue weighted by molar-refractivity contribution is 0.699. The number of rotatable bonds is 4. The molecule has 0 aliphatic carbocycles. The van der Waals surface area contributed by atoms with Gasteiger partial charge in [-0.05, 0) is 32.3 Å². The van der Waals surface area contributed by atoms with Gasteiger partial charge >= 0.3 is 0 Å². The predicted molar refractivity (Wildman–Crippen MR) is 48.6 cm³/mol. The molecule has 0 bridgehead atoms. The van der Waals surface area contributed by atoms with Crippen LogP contribution in [0.3, 0.4) is 0 Å². The van der Waals surface area contributed by atoms with Gasteiger partial charge in [0, 0.05) is 5.88 Å². The van der Waals surface area contributed by atoms with Gasteiger partial charge in [-0.1, -0.05) is 11.6 Å². The summed E-state index contributed by atoms with van der Waals surface area (Å²) in [6.45, 7) is 3.76. The van der Waals surface area contributed by atoms with E-state index in [2.05, 4.69) is 0 Å². The highest BCUT2D eigenvalue weighted by molar-refractivity contribution is 6.19. The minimum Gasteiger partial charge on any atom is -0.216 e. The molecule has 0 radical (unpaired) electrons. The maximum Gasteiger partial charge on any atom is 0.0856 e. The molecule has 0 N–H and O–H groups in total. The van der Waals surface area contributed by atoms with Gasteiger partial charge in [-0.3, -0.25) is 0 Å². The number of halogens is 2. The van der Waals surface area contributed by atoms with Crippen molar-refractivity contribution in [1.82, 2.24) is 0 Å². The lowest BCUT2D eigenvalue weighted by Gasteiger charge is -1.95. The van der Waals surface area contributed by atoms with E-state index < -0.39 is 0 Å². The molecule has 0 nitrogen and oxygen atoms in total.